The van der Waals surface area contributed by atoms with Crippen LogP contribution in [0.3, 0.4) is 0 Å². The Morgan fingerprint density at radius 3 is 2.08 bits per heavy atom. The van der Waals surface area contributed by atoms with Gasteiger partial charge in [0, 0.05) is 6.04 Å². The van der Waals surface area contributed by atoms with Crippen LogP contribution in [0.15, 0.2) is 0 Å². The third-order valence-electron chi connectivity index (χ3n) is 3.44. The van der Waals surface area contributed by atoms with Crippen LogP contribution in [0.1, 0.15) is 53.9 Å². The van der Waals surface area contributed by atoms with Crippen molar-refractivity contribution in [2.24, 2.45) is 17.1 Å². The Bertz CT molecular complexity index is 118. The average molecular weight is 171 g/mol. The van der Waals surface area contributed by atoms with Crippen molar-refractivity contribution in [1.29, 1.82) is 0 Å². The molecule has 2 atom stereocenters. The van der Waals surface area contributed by atoms with Crippen LogP contribution in [0.2, 0.25) is 0 Å². The van der Waals surface area contributed by atoms with Gasteiger partial charge in [-0.1, -0.05) is 47.5 Å². The minimum atomic E-state index is 0.296. The van der Waals surface area contributed by atoms with E-state index in [1.807, 2.05) is 0 Å². The van der Waals surface area contributed by atoms with Gasteiger partial charge >= 0.3 is 0 Å². The van der Waals surface area contributed by atoms with Gasteiger partial charge in [-0.15, -0.1) is 0 Å². The van der Waals surface area contributed by atoms with Crippen LogP contribution in [0.5, 0.6) is 0 Å². The first-order valence-corrected chi connectivity index (χ1v) is 5.22. The number of nitrogens with two attached hydrogens (primary N) is 1. The van der Waals surface area contributed by atoms with E-state index in [2.05, 4.69) is 34.6 Å². The third-order valence-corrected chi connectivity index (χ3v) is 3.44. The summed E-state index contributed by atoms with van der Waals surface area (Å²) in [6.45, 7) is 11.3. The van der Waals surface area contributed by atoms with Crippen LogP contribution in [-0.4, -0.2) is 6.04 Å². The predicted molar refractivity (Wildman–Crippen MR) is 56.1 cm³/mol. The van der Waals surface area contributed by atoms with E-state index in [0.717, 1.165) is 12.3 Å². The Hall–Kier alpha value is -0.0400. The highest BCUT2D eigenvalue weighted by molar-refractivity contribution is 4.84. The molecule has 12 heavy (non-hydrogen) atoms. The lowest BCUT2D eigenvalue weighted by Gasteiger charge is -2.37. The molecule has 0 aromatic carbocycles. The average Bonchev–Trinajstić information content (AvgIpc) is 2.03. The summed E-state index contributed by atoms with van der Waals surface area (Å²) in [5.41, 5.74) is 6.43. The molecule has 1 nitrogen and oxygen atoms in total. The largest absolute Gasteiger partial charge is 0.327 e. The Balaban J connectivity index is 4.16. The Labute approximate surface area is 77.7 Å². The van der Waals surface area contributed by atoms with Crippen molar-refractivity contribution in [2.75, 3.05) is 0 Å². The third kappa shape index (κ3) is 2.78. The highest BCUT2D eigenvalue weighted by Crippen LogP contribution is 2.33. The molecule has 74 valence electrons. The van der Waals surface area contributed by atoms with Crippen LogP contribution in [0.25, 0.3) is 0 Å². The minimum absolute atomic E-state index is 0.296. The van der Waals surface area contributed by atoms with Crippen molar-refractivity contribution >= 4 is 0 Å². The molecule has 0 bridgehead atoms. The first-order valence-electron chi connectivity index (χ1n) is 5.22. The van der Waals surface area contributed by atoms with E-state index in [1.165, 1.54) is 12.8 Å². The van der Waals surface area contributed by atoms with E-state index < -0.39 is 0 Å². The van der Waals surface area contributed by atoms with Crippen molar-refractivity contribution in [1.82, 2.24) is 0 Å². The monoisotopic (exact) mass is 171 g/mol. The quantitative estimate of drug-likeness (QED) is 0.675. The van der Waals surface area contributed by atoms with E-state index in [-0.39, 0.29) is 0 Å². The van der Waals surface area contributed by atoms with Crippen LogP contribution in [0, 0.1) is 11.3 Å². The van der Waals surface area contributed by atoms with E-state index >= 15 is 0 Å². The summed E-state index contributed by atoms with van der Waals surface area (Å²) in [4.78, 5) is 0. The van der Waals surface area contributed by atoms with E-state index in [0.29, 0.717) is 11.5 Å². The summed E-state index contributed by atoms with van der Waals surface area (Å²) < 4.78 is 0. The summed E-state index contributed by atoms with van der Waals surface area (Å²) in [6, 6.07) is 0.359. The second-order valence-corrected chi connectivity index (χ2v) is 4.53. The molecule has 0 spiro atoms. The molecule has 0 fully saturated rings. The Kier molecular flexibility index (Phi) is 4.84. The number of hydrogen-bond acceptors (Lipinski definition) is 1. The Morgan fingerprint density at radius 2 is 1.75 bits per heavy atom. The fourth-order valence-corrected chi connectivity index (χ4v) is 1.57. The second-order valence-electron chi connectivity index (χ2n) is 4.53. The molecule has 2 unspecified atom stereocenters. The standard InChI is InChI=1S/C11H25N/c1-6-8-10(12)11(4,5)9(3)7-2/h9-10H,6-8,12H2,1-5H3. The second kappa shape index (κ2) is 4.86. The smallest absolute Gasteiger partial charge is 0.00927 e. The summed E-state index contributed by atoms with van der Waals surface area (Å²) in [5.74, 6) is 0.721. The lowest BCUT2D eigenvalue weighted by Crippen LogP contribution is -2.41. The van der Waals surface area contributed by atoms with Crippen LogP contribution >= 0.6 is 0 Å². The number of hydrogen-bond donors (Lipinski definition) is 1. The summed E-state index contributed by atoms with van der Waals surface area (Å²) in [7, 11) is 0. The summed E-state index contributed by atoms with van der Waals surface area (Å²) >= 11 is 0. The van der Waals surface area contributed by atoms with Crippen molar-refractivity contribution in [3.05, 3.63) is 0 Å². The maximum Gasteiger partial charge on any atom is 0.00927 e. The molecule has 0 aromatic heterocycles. The molecule has 0 saturated carbocycles. The molecule has 0 heterocycles. The summed E-state index contributed by atoms with van der Waals surface area (Å²) in [6.07, 6.45) is 3.57. The maximum absolute atomic E-state index is 6.14. The number of rotatable bonds is 5. The molecule has 0 radical (unpaired) electrons. The zero-order valence-electron chi connectivity index (χ0n) is 9.35. The van der Waals surface area contributed by atoms with Crippen LogP contribution in [-0.2, 0) is 0 Å². The molecule has 0 aliphatic rings. The van der Waals surface area contributed by atoms with Gasteiger partial charge in [-0.2, -0.15) is 0 Å². The molecule has 0 aromatic rings. The van der Waals surface area contributed by atoms with Gasteiger partial charge in [0.15, 0.2) is 0 Å². The van der Waals surface area contributed by atoms with Crippen molar-refractivity contribution in [2.45, 2.75) is 59.9 Å². The van der Waals surface area contributed by atoms with Crippen molar-refractivity contribution < 1.29 is 0 Å². The molecular formula is C11H25N. The molecule has 0 amide bonds. The lowest BCUT2D eigenvalue weighted by atomic mass is 9.72. The van der Waals surface area contributed by atoms with Gasteiger partial charge in [-0.25, -0.2) is 0 Å². The van der Waals surface area contributed by atoms with Crippen LogP contribution in [0.4, 0.5) is 0 Å². The normalized spacial score (nSPS) is 17.5. The highest BCUT2D eigenvalue weighted by Gasteiger charge is 2.30. The predicted octanol–water partition coefficient (Wildman–Crippen LogP) is 3.19. The van der Waals surface area contributed by atoms with E-state index in [9.17, 15) is 0 Å². The van der Waals surface area contributed by atoms with Crippen molar-refractivity contribution in [3.8, 4) is 0 Å². The Morgan fingerprint density at radius 1 is 1.25 bits per heavy atom. The SMILES string of the molecule is CCCC(N)C(C)(C)C(C)CC. The molecule has 0 saturated heterocycles. The fourth-order valence-electron chi connectivity index (χ4n) is 1.57. The molecule has 0 rings (SSSR count). The molecular weight excluding hydrogens is 146 g/mol. The molecule has 0 aliphatic heterocycles. The lowest BCUT2D eigenvalue weighted by molar-refractivity contribution is 0.167. The van der Waals surface area contributed by atoms with Gasteiger partial charge in [0.1, 0.15) is 0 Å². The molecule has 2 N–H and O–H groups in total. The van der Waals surface area contributed by atoms with Crippen LogP contribution < -0.4 is 5.73 Å². The minimum Gasteiger partial charge on any atom is -0.327 e. The van der Waals surface area contributed by atoms with Gasteiger partial charge in [0.05, 0.1) is 0 Å². The van der Waals surface area contributed by atoms with Gasteiger partial charge < -0.3 is 5.73 Å². The van der Waals surface area contributed by atoms with Crippen molar-refractivity contribution in [3.63, 3.8) is 0 Å². The topological polar surface area (TPSA) is 26.0 Å². The van der Waals surface area contributed by atoms with E-state index in [4.69, 9.17) is 5.73 Å². The first kappa shape index (κ1) is 12.0. The zero-order chi connectivity index (χ0) is 9.78. The van der Waals surface area contributed by atoms with E-state index in [1.54, 1.807) is 0 Å². The first-order chi connectivity index (χ1) is 5.46. The van der Waals surface area contributed by atoms with Gasteiger partial charge in [-0.3, -0.25) is 0 Å². The molecule has 1 heteroatoms. The maximum atomic E-state index is 6.14. The van der Waals surface area contributed by atoms with Gasteiger partial charge in [0.25, 0.3) is 0 Å². The fraction of sp³-hybridized carbons (Fsp3) is 1.00. The molecule has 0 aliphatic carbocycles. The highest BCUT2D eigenvalue weighted by atomic mass is 14.7. The van der Waals surface area contributed by atoms with Gasteiger partial charge in [0.2, 0.25) is 0 Å². The zero-order valence-corrected chi connectivity index (χ0v) is 9.35. The summed E-state index contributed by atoms with van der Waals surface area (Å²) in [5, 5.41) is 0. The van der Waals surface area contributed by atoms with Gasteiger partial charge in [-0.05, 0) is 17.8 Å².